The van der Waals surface area contributed by atoms with Gasteiger partial charge in [0.1, 0.15) is 17.7 Å². The van der Waals surface area contributed by atoms with Crippen molar-refractivity contribution in [2.75, 3.05) is 0 Å². The number of carbonyl (C=O) groups is 3. The lowest BCUT2D eigenvalue weighted by Gasteiger charge is -2.08. The molecule has 0 atom stereocenters. The molecule has 0 saturated carbocycles. The molecule has 8 nitrogen and oxygen atoms in total. The number of benzene rings is 2. The van der Waals surface area contributed by atoms with Gasteiger partial charge in [0.25, 0.3) is 11.8 Å². The van der Waals surface area contributed by atoms with Crippen LogP contribution in [0.4, 0.5) is 0 Å². The maximum Gasteiger partial charge on any atom is 0.335 e. The minimum absolute atomic E-state index is 0.00649. The zero-order valence-corrected chi connectivity index (χ0v) is 16.0. The van der Waals surface area contributed by atoms with Gasteiger partial charge in [0.15, 0.2) is 0 Å². The second kappa shape index (κ2) is 9.42. The number of hydrogen-bond acceptors (Lipinski definition) is 5. The Morgan fingerprint density at radius 3 is 2.23 bits per heavy atom. The number of carboxylic acid groups (broad SMARTS) is 1. The molecule has 3 N–H and O–H groups in total. The van der Waals surface area contributed by atoms with Gasteiger partial charge < -0.3 is 15.7 Å². The molecular weight excluding hydrogens is 384 g/mol. The third-order valence-corrected chi connectivity index (χ3v) is 4.12. The van der Waals surface area contributed by atoms with Crippen LogP contribution in [-0.2, 0) is 13.0 Å². The Balaban J connectivity index is 1.68. The molecule has 2 aromatic carbocycles. The van der Waals surface area contributed by atoms with Crippen molar-refractivity contribution in [1.29, 1.82) is 0 Å². The number of carbonyl (C=O) groups excluding carboxylic acids is 2. The Bertz CT molecular complexity index is 1170. The fraction of sp³-hybridized carbons (Fsp3) is 0.136. The predicted molar refractivity (Wildman–Crippen MR) is 109 cm³/mol. The third-order valence-electron chi connectivity index (χ3n) is 4.12. The summed E-state index contributed by atoms with van der Waals surface area (Å²) in [6.07, 6.45) is 1.05. The lowest BCUT2D eigenvalue weighted by molar-refractivity contribution is 0.0696. The van der Waals surface area contributed by atoms with Crippen LogP contribution in [0.1, 0.15) is 50.8 Å². The number of amides is 2. The Morgan fingerprint density at radius 2 is 1.60 bits per heavy atom. The molecule has 0 bridgehead atoms. The van der Waals surface area contributed by atoms with E-state index in [4.69, 9.17) is 7.85 Å². The van der Waals surface area contributed by atoms with Gasteiger partial charge in [-0.15, -0.1) is 0 Å². The summed E-state index contributed by atoms with van der Waals surface area (Å²) in [6.45, 7) is -0.0760. The lowest BCUT2D eigenvalue weighted by atomic mass is 10.1. The molecular formula is C22H20N4O4. The Kier molecular flexibility index (Phi) is 5.65. The topological polar surface area (TPSA) is 121 Å². The van der Waals surface area contributed by atoms with Gasteiger partial charge in [-0.25, -0.2) is 14.8 Å². The summed E-state index contributed by atoms with van der Waals surface area (Å²) in [7, 11) is 0. The summed E-state index contributed by atoms with van der Waals surface area (Å²) in [5.74, 6) is -2.50. The summed E-state index contributed by atoms with van der Waals surface area (Å²) in [5.41, 5.74) is 1.79. The van der Waals surface area contributed by atoms with Gasteiger partial charge in [0, 0.05) is 19.1 Å². The van der Waals surface area contributed by atoms with E-state index in [0.717, 1.165) is 17.5 Å². The normalized spacial score (nSPS) is 11.8. The van der Waals surface area contributed by atoms with E-state index in [2.05, 4.69) is 20.6 Å². The van der Waals surface area contributed by atoms with E-state index in [0.29, 0.717) is 0 Å². The van der Waals surface area contributed by atoms with Crippen LogP contribution in [0.3, 0.4) is 0 Å². The van der Waals surface area contributed by atoms with Crippen molar-refractivity contribution in [3.63, 3.8) is 0 Å². The fourth-order valence-electron chi connectivity index (χ4n) is 2.59. The van der Waals surface area contributed by atoms with E-state index in [1.807, 2.05) is 31.2 Å². The van der Waals surface area contributed by atoms with E-state index in [1.165, 1.54) is 30.3 Å². The second-order valence-electron chi connectivity index (χ2n) is 6.42. The molecule has 152 valence electrons. The lowest BCUT2D eigenvalue weighted by Crippen LogP contribution is -2.27. The molecule has 30 heavy (non-hydrogen) atoms. The van der Waals surface area contributed by atoms with Gasteiger partial charge in [-0.1, -0.05) is 42.0 Å². The first kappa shape index (κ1) is 18.0. The highest BCUT2D eigenvalue weighted by atomic mass is 16.4. The van der Waals surface area contributed by atoms with Crippen molar-refractivity contribution in [3.05, 3.63) is 94.6 Å². The number of carboxylic acids is 1. The maximum absolute atomic E-state index is 12.5. The average Bonchev–Trinajstić information content (AvgIpc) is 2.77. The number of nitrogens with one attached hydrogen (secondary N) is 2. The van der Waals surface area contributed by atoms with Gasteiger partial charge >= 0.3 is 5.97 Å². The number of hydrogen-bond donors (Lipinski definition) is 3. The van der Waals surface area contributed by atoms with Gasteiger partial charge in [-0.05, 0) is 30.2 Å². The molecule has 0 fully saturated rings. The highest BCUT2D eigenvalue weighted by molar-refractivity contribution is 5.97. The zero-order chi connectivity index (χ0) is 23.3. The van der Waals surface area contributed by atoms with Crippen molar-refractivity contribution >= 4 is 17.8 Å². The Labute approximate surface area is 175 Å². The number of aromatic carboxylic acids is 1. The van der Waals surface area contributed by atoms with Crippen LogP contribution < -0.4 is 10.6 Å². The number of aromatic nitrogens is 2. The fourth-order valence-corrected chi connectivity index (χ4v) is 2.59. The molecule has 0 spiro atoms. The van der Waals surface area contributed by atoms with Crippen molar-refractivity contribution in [2.45, 2.75) is 20.0 Å². The van der Waals surface area contributed by atoms with Crippen LogP contribution in [0, 0.1) is 6.92 Å². The largest absolute Gasteiger partial charge is 0.478 e. The highest BCUT2D eigenvalue weighted by Gasteiger charge is 2.13. The van der Waals surface area contributed by atoms with Crippen LogP contribution in [0.5, 0.6) is 0 Å². The van der Waals surface area contributed by atoms with E-state index >= 15 is 0 Å². The predicted octanol–water partition coefficient (Wildman–Crippen LogP) is 2.34. The van der Waals surface area contributed by atoms with Gasteiger partial charge in [-0.3, -0.25) is 9.59 Å². The van der Waals surface area contributed by atoms with Gasteiger partial charge in [-0.2, -0.15) is 0 Å². The minimum Gasteiger partial charge on any atom is -0.478 e. The van der Waals surface area contributed by atoms with Crippen molar-refractivity contribution in [2.24, 2.45) is 0 Å². The van der Waals surface area contributed by atoms with E-state index in [-0.39, 0.29) is 29.1 Å². The van der Waals surface area contributed by atoms with E-state index in [9.17, 15) is 14.4 Å². The Hall–Kier alpha value is -4.07. The molecule has 0 aliphatic heterocycles. The first-order chi connectivity index (χ1) is 15.2. The van der Waals surface area contributed by atoms with Gasteiger partial charge in [0.2, 0.25) is 0 Å². The molecule has 0 radical (unpaired) electrons. The van der Waals surface area contributed by atoms with Crippen LogP contribution in [-0.4, -0.2) is 32.9 Å². The van der Waals surface area contributed by atoms with E-state index < -0.39 is 24.3 Å². The van der Waals surface area contributed by atoms with Crippen LogP contribution in [0.2, 0.25) is 0 Å². The maximum atomic E-state index is 12.5. The second-order valence-corrected chi connectivity index (χ2v) is 6.42. The highest BCUT2D eigenvalue weighted by Crippen LogP contribution is 2.06. The van der Waals surface area contributed by atoms with Crippen LogP contribution in [0.15, 0.2) is 60.9 Å². The summed E-state index contributed by atoms with van der Waals surface area (Å²) in [6, 6.07) is 13.8. The first-order valence-corrected chi connectivity index (χ1v) is 8.98. The monoisotopic (exact) mass is 406 g/mol. The van der Waals surface area contributed by atoms with Crippen LogP contribution >= 0.6 is 0 Å². The molecule has 0 unspecified atom stereocenters. The summed E-state index contributed by atoms with van der Waals surface area (Å²) < 4.78 is 16.2. The first-order valence-electron chi connectivity index (χ1n) is 9.98. The SMILES string of the molecule is [2H]C([2H])(NC(=O)c1cc(C(=O)NCc2cccc(C)c2)ncn1)c1ccc(C(=O)O)cc1. The Morgan fingerprint density at radius 1 is 0.933 bits per heavy atom. The molecule has 2 amide bonds. The third kappa shape index (κ3) is 5.48. The summed E-state index contributed by atoms with van der Waals surface area (Å²) in [5, 5.41) is 13.9. The van der Waals surface area contributed by atoms with Crippen LogP contribution in [0.25, 0.3) is 0 Å². The smallest absolute Gasteiger partial charge is 0.335 e. The van der Waals surface area contributed by atoms with Crippen molar-refractivity contribution < 1.29 is 22.2 Å². The average molecular weight is 406 g/mol. The number of aryl methyl sites for hydroxylation is 1. The summed E-state index contributed by atoms with van der Waals surface area (Å²) >= 11 is 0. The van der Waals surface area contributed by atoms with E-state index in [1.54, 1.807) is 0 Å². The van der Waals surface area contributed by atoms with Gasteiger partial charge in [0.05, 0.1) is 8.30 Å². The molecule has 3 aromatic rings. The quantitative estimate of drug-likeness (QED) is 0.554. The molecule has 3 rings (SSSR count). The van der Waals surface area contributed by atoms with Crippen molar-refractivity contribution in [1.82, 2.24) is 20.6 Å². The molecule has 0 saturated heterocycles. The zero-order valence-electron chi connectivity index (χ0n) is 18.0. The molecule has 0 aliphatic rings. The number of nitrogens with zero attached hydrogens (tertiary/aromatic N) is 2. The minimum atomic E-state index is -2.30. The summed E-state index contributed by atoms with van der Waals surface area (Å²) in [4.78, 5) is 43.6. The number of rotatable bonds is 7. The molecule has 1 aromatic heterocycles. The standard InChI is InChI=1S/C22H20N4O4/c1-14-3-2-4-16(9-14)12-24-21(28)19-10-18(25-13-26-19)20(27)23-11-15-5-7-17(8-6-15)22(29)30/h2-10,13H,11-12H2,1H3,(H,23,27)(H,24,28)(H,29,30)/i11D2. The molecule has 0 aliphatic carbocycles. The molecule has 8 heteroatoms. The van der Waals surface area contributed by atoms with Crippen molar-refractivity contribution in [3.8, 4) is 0 Å². The molecule has 1 heterocycles.